The molecule has 0 radical (unpaired) electrons. The van der Waals surface area contributed by atoms with E-state index < -0.39 is 0 Å². The number of hydrogen-bond acceptors (Lipinski definition) is 4. The van der Waals surface area contributed by atoms with Gasteiger partial charge < -0.3 is 10.1 Å². The van der Waals surface area contributed by atoms with E-state index in [1.54, 1.807) is 18.9 Å². The van der Waals surface area contributed by atoms with Crippen LogP contribution in [0.25, 0.3) is 0 Å². The average Bonchev–Trinajstić information content (AvgIpc) is 2.46. The van der Waals surface area contributed by atoms with Crippen molar-refractivity contribution in [2.24, 2.45) is 0 Å². The van der Waals surface area contributed by atoms with Crippen LogP contribution in [0.1, 0.15) is 5.69 Å². The third-order valence-electron chi connectivity index (χ3n) is 2.59. The number of halogens is 1. The fourth-order valence-electron chi connectivity index (χ4n) is 1.57. The Kier molecular flexibility index (Phi) is 4.93. The van der Waals surface area contributed by atoms with Crippen LogP contribution in [0, 0.1) is 0 Å². The van der Waals surface area contributed by atoms with Crippen molar-refractivity contribution in [2.75, 3.05) is 19.5 Å². The standard InChI is InChI=1S/C14H15ClN2OS/c1-16-14-7-6-12(15)13(17-14)9-19-11-5-3-4-10(8-11)18-2/h3-8H,9H2,1-2H3,(H,16,17). The summed E-state index contributed by atoms with van der Waals surface area (Å²) in [5.41, 5.74) is 0.876. The van der Waals surface area contributed by atoms with E-state index in [9.17, 15) is 0 Å². The SMILES string of the molecule is CNc1ccc(Cl)c(CSc2cccc(OC)c2)n1. The summed E-state index contributed by atoms with van der Waals surface area (Å²) in [5.74, 6) is 2.40. The van der Waals surface area contributed by atoms with Crippen LogP contribution in [-0.2, 0) is 5.75 Å². The minimum atomic E-state index is 0.689. The second-order valence-electron chi connectivity index (χ2n) is 3.84. The van der Waals surface area contributed by atoms with E-state index in [-0.39, 0.29) is 0 Å². The topological polar surface area (TPSA) is 34.1 Å². The van der Waals surface area contributed by atoms with Gasteiger partial charge in [0.25, 0.3) is 0 Å². The number of nitrogens with one attached hydrogen (secondary N) is 1. The van der Waals surface area contributed by atoms with Gasteiger partial charge in [0.15, 0.2) is 0 Å². The Labute approximate surface area is 122 Å². The van der Waals surface area contributed by atoms with Crippen LogP contribution >= 0.6 is 23.4 Å². The number of ether oxygens (including phenoxy) is 1. The summed E-state index contributed by atoms with van der Waals surface area (Å²) < 4.78 is 5.20. The van der Waals surface area contributed by atoms with Crippen LogP contribution in [0.3, 0.4) is 0 Å². The van der Waals surface area contributed by atoms with Gasteiger partial charge in [-0.05, 0) is 30.3 Å². The number of aromatic nitrogens is 1. The van der Waals surface area contributed by atoms with E-state index in [1.165, 1.54) is 0 Å². The van der Waals surface area contributed by atoms with Crippen molar-refractivity contribution in [1.29, 1.82) is 0 Å². The second-order valence-corrected chi connectivity index (χ2v) is 5.30. The Morgan fingerprint density at radius 2 is 2.16 bits per heavy atom. The van der Waals surface area contributed by atoms with Crippen molar-refractivity contribution in [1.82, 2.24) is 4.98 Å². The molecule has 1 heterocycles. The summed E-state index contributed by atoms with van der Waals surface area (Å²) >= 11 is 7.83. The van der Waals surface area contributed by atoms with E-state index in [1.807, 2.05) is 43.4 Å². The van der Waals surface area contributed by atoms with Crippen molar-refractivity contribution in [3.8, 4) is 5.75 Å². The van der Waals surface area contributed by atoms with E-state index in [4.69, 9.17) is 16.3 Å². The highest BCUT2D eigenvalue weighted by atomic mass is 35.5. The number of pyridine rings is 1. The minimum absolute atomic E-state index is 0.689. The Bertz CT molecular complexity index is 563. The van der Waals surface area contributed by atoms with Crippen molar-refractivity contribution in [3.05, 3.63) is 47.1 Å². The zero-order valence-corrected chi connectivity index (χ0v) is 12.4. The maximum atomic E-state index is 6.15. The van der Waals surface area contributed by atoms with E-state index >= 15 is 0 Å². The smallest absolute Gasteiger partial charge is 0.126 e. The van der Waals surface area contributed by atoms with Gasteiger partial charge in [0.05, 0.1) is 17.8 Å². The molecule has 0 aliphatic rings. The molecule has 0 amide bonds. The highest BCUT2D eigenvalue weighted by molar-refractivity contribution is 7.98. The highest BCUT2D eigenvalue weighted by Gasteiger charge is 2.05. The molecule has 3 nitrogen and oxygen atoms in total. The zero-order valence-electron chi connectivity index (χ0n) is 10.8. The number of benzene rings is 1. The molecule has 1 aromatic carbocycles. The lowest BCUT2D eigenvalue weighted by molar-refractivity contribution is 0.413. The number of rotatable bonds is 5. The lowest BCUT2D eigenvalue weighted by Crippen LogP contribution is -1.96. The van der Waals surface area contributed by atoms with Crippen molar-refractivity contribution < 1.29 is 4.74 Å². The predicted octanol–water partition coefficient (Wildman–Crippen LogP) is 4.08. The fraction of sp³-hybridized carbons (Fsp3) is 0.214. The molecular weight excluding hydrogens is 280 g/mol. The molecule has 0 spiro atoms. The van der Waals surface area contributed by atoms with Crippen molar-refractivity contribution in [2.45, 2.75) is 10.6 Å². The first kappa shape index (κ1) is 14.0. The third kappa shape index (κ3) is 3.78. The quantitative estimate of drug-likeness (QED) is 0.843. The zero-order chi connectivity index (χ0) is 13.7. The molecule has 19 heavy (non-hydrogen) atoms. The number of methoxy groups -OCH3 is 1. The summed E-state index contributed by atoms with van der Waals surface area (Å²) in [6.45, 7) is 0. The molecular formula is C14H15ClN2OS. The van der Waals surface area contributed by atoms with Gasteiger partial charge >= 0.3 is 0 Å². The van der Waals surface area contributed by atoms with Gasteiger partial charge in [0, 0.05) is 17.7 Å². The molecule has 0 bridgehead atoms. The number of thioether (sulfide) groups is 1. The molecule has 0 atom stereocenters. The maximum Gasteiger partial charge on any atom is 0.126 e. The van der Waals surface area contributed by atoms with Crippen LogP contribution in [-0.4, -0.2) is 19.1 Å². The molecule has 2 rings (SSSR count). The monoisotopic (exact) mass is 294 g/mol. The third-order valence-corrected chi connectivity index (χ3v) is 3.94. The van der Waals surface area contributed by atoms with Crippen molar-refractivity contribution >= 4 is 29.2 Å². The number of hydrogen-bond donors (Lipinski definition) is 1. The van der Waals surface area contributed by atoms with E-state index in [2.05, 4.69) is 10.3 Å². The lowest BCUT2D eigenvalue weighted by Gasteiger charge is -2.07. The summed E-state index contributed by atoms with van der Waals surface area (Å²) in [4.78, 5) is 5.58. The normalized spacial score (nSPS) is 10.3. The summed E-state index contributed by atoms with van der Waals surface area (Å²) in [7, 11) is 3.51. The molecule has 0 unspecified atom stereocenters. The maximum absolute atomic E-state index is 6.15. The molecule has 0 aliphatic heterocycles. The number of anilines is 1. The minimum Gasteiger partial charge on any atom is -0.497 e. The van der Waals surface area contributed by atoms with Crippen molar-refractivity contribution in [3.63, 3.8) is 0 Å². The van der Waals surface area contributed by atoms with Gasteiger partial charge in [-0.15, -0.1) is 11.8 Å². The molecule has 0 aliphatic carbocycles. The predicted molar refractivity (Wildman–Crippen MR) is 81.3 cm³/mol. The van der Waals surface area contributed by atoms with Gasteiger partial charge in [0.1, 0.15) is 11.6 Å². The lowest BCUT2D eigenvalue weighted by atomic mass is 10.3. The Hall–Kier alpha value is -1.39. The van der Waals surface area contributed by atoms with Crippen LogP contribution in [0.5, 0.6) is 5.75 Å². The van der Waals surface area contributed by atoms with Gasteiger partial charge in [-0.25, -0.2) is 4.98 Å². The molecule has 1 aromatic heterocycles. The first-order valence-electron chi connectivity index (χ1n) is 5.83. The molecule has 0 fully saturated rings. The molecule has 0 saturated carbocycles. The number of nitrogens with zero attached hydrogens (tertiary/aromatic N) is 1. The van der Waals surface area contributed by atoms with Crippen LogP contribution in [0.15, 0.2) is 41.3 Å². The summed E-state index contributed by atoms with van der Waals surface area (Å²) in [5, 5.41) is 3.70. The molecule has 100 valence electrons. The van der Waals surface area contributed by atoms with Gasteiger partial charge in [-0.2, -0.15) is 0 Å². The Morgan fingerprint density at radius 3 is 2.89 bits per heavy atom. The van der Waals surface area contributed by atoms with E-state index in [0.717, 1.165) is 27.9 Å². The van der Waals surface area contributed by atoms with Gasteiger partial charge in [0.2, 0.25) is 0 Å². The van der Waals surface area contributed by atoms with Gasteiger partial charge in [-0.3, -0.25) is 0 Å². The fourth-order valence-corrected chi connectivity index (χ4v) is 2.72. The average molecular weight is 295 g/mol. The summed E-state index contributed by atoms with van der Waals surface area (Å²) in [6, 6.07) is 11.7. The first-order valence-corrected chi connectivity index (χ1v) is 7.19. The molecule has 5 heteroatoms. The largest absolute Gasteiger partial charge is 0.497 e. The first-order chi connectivity index (χ1) is 9.22. The second kappa shape index (κ2) is 6.68. The Balaban J connectivity index is 2.09. The van der Waals surface area contributed by atoms with Crippen LogP contribution in [0.2, 0.25) is 5.02 Å². The molecule has 2 aromatic rings. The van der Waals surface area contributed by atoms with Crippen LogP contribution < -0.4 is 10.1 Å². The van der Waals surface area contributed by atoms with Gasteiger partial charge in [-0.1, -0.05) is 17.7 Å². The molecule has 0 saturated heterocycles. The Morgan fingerprint density at radius 1 is 1.32 bits per heavy atom. The van der Waals surface area contributed by atoms with Crippen LogP contribution in [0.4, 0.5) is 5.82 Å². The highest BCUT2D eigenvalue weighted by Crippen LogP contribution is 2.28. The van der Waals surface area contributed by atoms with E-state index in [0.29, 0.717) is 5.02 Å². The molecule has 1 N–H and O–H groups in total. The summed E-state index contributed by atoms with van der Waals surface area (Å²) in [6.07, 6.45) is 0.